The minimum atomic E-state index is 0.0813. The largest absolute Gasteiger partial charge is 0.352 e. The zero-order valence-electron chi connectivity index (χ0n) is 13.0. The fraction of sp³-hybridized carbons (Fsp3) is 0.941. The molecule has 1 amide bonds. The maximum absolute atomic E-state index is 12.5. The number of hydrogen-bond acceptors (Lipinski definition) is 2. The monoisotopic (exact) mass is 278 g/mol. The summed E-state index contributed by atoms with van der Waals surface area (Å²) in [5, 5.41) is 6.91. The summed E-state index contributed by atoms with van der Waals surface area (Å²) in [6.45, 7) is 4.66. The lowest BCUT2D eigenvalue weighted by molar-refractivity contribution is -0.124. The normalized spacial score (nSPS) is 44.9. The van der Waals surface area contributed by atoms with Crippen molar-refractivity contribution in [3.63, 3.8) is 0 Å². The summed E-state index contributed by atoms with van der Waals surface area (Å²) in [5.74, 6) is 2.58. The van der Waals surface area contributed by atoms with E-state index >= 15 is 0 Å². The van der Waals surface area contributed by atoms with Crippen LogP contribution in [0.2, 0.25) is 0 Å². The second-order valence-corrected chi connectivity index (χ2v) is 7.58. The van der Waals surface area contributed by atoms with Crippen molar-refractivity contribution in [1.82, 2.24) is 10.6 Å². The van der Waals surface area contributed by atoms with Crippen LogP contribution in [-0.4, -0.2) is 24.0 Å². The average Bonchev–Trinajstić information content (AvgIpc) is 2.87. The second-order valence-electron chi connectivity index (χ2n) is 7.58. The summed E-state index contributed by atoms with van der Waals surface area (Å²) in [5.41, 5.74) is 0. The van der Waals surface area contributed by atoms with Gasteiger partial charge in [-0.05, 0) is 56.3 Å². The van der Waals surface area contributed by atoms with Crippen LogP contribution in [0.4, 0.5) is 0 Å². The standard InChI is InChI=1S/C17H30N2O/c1-11-7-8-14(9-12(11)2)18-17(20)16-10-13-5-3-4-6-15(13)19-16/h11-16,19H,3-10H2,1-2H3,(H,18,20). The van der Waals surface area contributed by atoms with E-state index in [9.17, 15) is 4.79 Å². The van der Waals surface area contributed by atoms with Crippen molar-refractivity contribution in [2.45, 2.75) is 83.3 Å². The molecule has 0 aromatic rings. The van der Waals surface area contributed by atoms with Gasteiger partial charge >= 0.3 is 0 Å². The molecule has 0 radical (unpaired) electrons. The van der Waals surface area contributed by atoms with E-state index in [1.165, 1.54) is 32.1 Å². The van der Waals surface area contributed by atoms with Crippen LogP contribution >= 0.6 is 0 Å². The number of nitrogens with one attached hydrogen (secondary N) is 2. The van der Waals surface area contributed by atoms with Gasteiger partial charge in [0.2, 0.25) is 5.91 Å². The smallest absolute Gasteiger partial charge is 0.237 e. The molecule has 3 nitrogen and oxygen atoms in total. The van der Waals surface area contributed by atoms with Gasteiger partial charge in [-0.2, -0.15) is 0 Å². The number of fused-ring (bicyclic) bond motifs is 1. The molecule has 6 unspecified atom stereocenters. The van der Waals surface area contributed by atoms with Crippen molar-refractivity contribution < 1.29 is 4.79 Å². The van der Waals surface area contributed by atoms with Gasteiger partial charge in [0.05, 0.1) is 6.04 Å². The third-order valence-electron chi connectivity index (χ3n) is 6.12. The maximum atomic E-state index is 12.5. The van der Waals surface area contributed by atoms with Crippen molar-refractivity contribution in [1.29, 1.82) is 0 Å². The van der Waals surface area contributed by atoms with Crippen molar-refractivity contribution in [2.24, 2.45) is 17.8 Å². The summed E-state index contributed by atoms with van der Waals surface area (Å²) in [6, 6.07) is 1.11. The fourth-order valence-electron chi connectivity index (χ4n) is 4.50. The Bertz CT molecular complexity index is 343. The van der Waals surface area contributed by atoms with Crippen molar-refractivity contribution in [3.05, 3.63) is 0 Å². The minimum Gasteiger partial charge on any atom is -0.352 e. The third kappa shape index (κ3) is 3.03. The molecule has 2 aliphatic carbocycles. The van der Waals surface area contributed by atoms with Gasteiger partial charge in [-0.25, -0.2) is 0 Å². The lowest BCUT2D eigenvalue weighted by Gasteiger charge is -2.33. The average molecular weight is 278 g/mol. The summed E-state index contributed by atoms with van der Waals surface area (Å²) < 4.78 is 0. The van der Waals surface area contributed by atoms with Gasteiger partial charge in [0, 0.05) is 12.1 Å². The van der Waals surface area contributed by atoms with Gasteiger partial charge in [-0.3, -0.25) is 4.79 Å². The quantitative estimate of drug-likeness (QED) is 0.815. The van der Waals surface area contributed by atoms with E-state index < -0.39 is 0 Å². The lowest BCUT2D eigenvalue weighted by Crippen LogP contribution is -2.48. The maximum Gasteiger partial charge on any atom is 0.237 e. The number of carbonyl (C=O) groups is 1. The zero-order chi connectivity index (χ0) is 14.1. The van der Waals surface area contributed by atoms with Gasteiger partial charge < -0.3 is 10.6 Å². The topological polar surface area (TPSA) is 41.1 Å². The number of carbonyl (C=O) groups excluding carboxylic acids is 1. The highest BCUT2D eigenvalue weighted by molar-refractivity contribution is 5.82. The fourth-order valence-corrected chi connectivity index (χ4v) is 4.50. The summed E-state index contributed by atoms with van der Waals surface area (Å²) in [4.78, 5) is 12.5. The van der Waals surface area contributed by atoms with E-state index in [0.29, 0.717) is 12.1 Å². The molecule has 1 heterocycles. The van der Waals surface area contributed by atoms with Crippen molar-refractivity contribution in [3.8, 4) is 0 Å². The molecule has 3 aliphatic rings. The van der Waals surface area contributed by atoms with Crippen LogP contribution < -0.4 is 10.6 Å². The number of rotatable bonds is 2. The Balaban J connectivity index is 1.50. The molecule has 6 atom stereocenters. The van der Waals surface area contributed by atoms with Crippen LogP contribution in [0.25, 0.3) is 0 Å². The molecule has 2 saturated carbocycles. The molecule has 0 aromatic heterocycles. The first kappa shape index (κ1) is 14.4. The molecule has 1 aliphatic heterocycles. The molecule has 3 fully saturated rings. The molecule has 114 valence electrons. The van der Waals surface area contributed by atoms with E-state index in [-0.39, 0.29) is 11.9 Å². The Labute approximate surface area is 123 Å². The van der Waals surface area contributed by atoms with Gasteiger partial charge in [0.25, 0.3) is 0 Å². The molecule has 2 N–H and O–H groups in total. The SMILES string of the molecule is CC1CCC(NC(=O)C2CC3CCCCC3N2)CC1C. The molecule has 3 rings (SSSR count). The Hall–Kier alpha value is -0.570. The van der Waals surface area contributed by atoms with Crippen LogP contribution in [-0.2, 0) is 4.79 Å². The summed E-state index contributed by atoms with van der Waals surface area (Å²) in [7, 11) is 0. The van der Waals surface area contributed by atoms with Crippen LogP contribution in [0.5, 0.6) is 0 Å². The second kappa shape index (κ2) is 6.05. The Morgan fingerprint density at radius 1 is 1.00 bits per heavy atom. The third-order valence-corrected chi connectivity index (χ3v) is 6.12. The molecule has 0 bridgehead atoms. The Morgan fingerprint density at radius 2 is 1.80 bits per heavy atom. The Kier molecular flexibility index (Phi) is 4.34. The summed E-state index contributed by atoms with van der Waals surface area (Å²) >= 11 is 0. The van der Waals surface area contributed by atoms with Crippen molar-refractivity contribution >= 4 is 5.91 Å². The molecule has 20 heavy (non-hydrogen) atoms. The number of hydrogen-bond donors (Lipinski definition) is 2. The van der Waals surface area contributed by atoms with Crippen LogP contribution in [0, 0.1) is 17.8 Å². The van der Waals surface area contributed by atoms with Crippen molar-refractivity contribution in [2.75, 3.05) is 0 Å². The molecular weight excluding hydrogens is 248 g/mol. The van der Waals surface area contributed by atoms with Gasteiger partial charge in [0.15, 0.2) is 0 Å². The zero-order valence-corrected chi connectivity index (χ0v) is 13.0. The van der Waals surface area contributed by atoms with E-state index in [4.69, 9.17) is 0 Å². The van der Waals surface area contributed by atoms with Crippen LogP contribution in [0.1, 0.15) is 65.2 Å². The molecule has 1 saturated heterocycles. The highest BCUT2D eigenvalue weighted by Gasteiger charge is 2.39. The first-order valence-electron chi connectivity index (χ1n) is 8.70. The first-order valence-corrected chi connectivity index (χ1v) is 8.70. The predicted octanol–water partition coefficient (Wildman–Crippen LogP) is 2.85. The van der Waals surface area contributed by atoms with Crippen LogP contribution in [0.3, 0.4) is 0 Å². The minimum absolute atomic E-state index is 0.0813. The van der Waals surface area contributed by atoms with Crippen LogP contribution in [0.15, 0.2) is 0 Å². The molecule has 3 heteroatoms. The van der Waals surface area contributed by atoms with E-state index in [0.717, 1.165) is 37.0 Å². The highest BCUT2D eigenvalue weighted by atomic mass is 16.2. The molecular formula is C17H30N2O. The van der Waals surface area contributed by atoms with E-state index in [2.05, 4.69) is 24.5 Å². The first-order chi connectivity index (χ1) is 9.63. The highest BCUT2D eigenvalue weighted by Crippen LogP contribution is 2.34. The van der Waals surface area contributed by atoms with Gasteiger partial charge in [-0.15, -0.1) is 0 Å². The van der Waals surface area contributed by atoms with Gasteiger partial charge in [-0.1, -0.05) is 26.7 Å². The Morgan fingerprint density at radius 3 is 2.55 bits per heavy atom. The predicted molar refractivity (Wildman–Crippen MR) is 81.4 cm³/mol. The summed E-state index contributed by atoms with van der Waals surface area (Å²) in [6.07, 6.45) is 9.93. The number of amides is 1. The molecule has 0 aromatic carbocycles. The molecule has 0 spiro atoms. The van der Waals surface area contributed by atoms with E-state index in [1.54, 1.807) is 0 Å². The van der Waals surface area contributed by atoms with Gasteiger partial charge in [0.1, 0.15) is 0 Å². The lowest BCUT2D eigenvalue weighted by atomic mass is 9.79. The van der Waals surface area contributed by atoms with E-state index in [1.807, 2.05) is 0 Å².